The first-order valence-electron chi connectivity index (χ1n) is 8.56. The van der Waals surface area contributed by atoms with Crippen molar-refractivity contribution < 1.29 is 14.6 Å². The third kappa shape index (κ3) is 3.37. The van der Waals surface area contributed by atoms with Crippen molar-refractivity contribution >= 4 is 46.4 Å². The van der Waals surface area contributed by atoms with Crippen LogP contribution in [0.3, 0.4) is 0 Å². The zero-order valence-corrected chi connectivity index (χ0v) is 16.6. The van der Waals surface area contributed by atoms with Crippen LogP contribution < -0.4 is 15.0 Å². The molecule has 0 bridgehead atoms. The molecule has 142 valence electrons. The van der Waals surface area contributed by atoms with Gasteiger partial charge in [0.2, 0.25) is 0 Å². The quantitative estimate of drug-likeness (QED) is 0.559. The molecule has 0 aromatic heterocycles. The van der Waals surface area contributed by atoms with Gasteiger partial charge in [0.1, 0.15) is 5.75 Å². The van der Waals surface area contributed by atoms with Gasteiger partial charge in [-0.2, -0.15) is 0 Å². The Morgan fingerprint density at radius 3 is 2.71 bits per heavy atom. The number of carboxylic acid groups (broad SMARTS) is 1. The Hall–Kier alpha value is -2.83. The van der Waals surface area contributed by atoms with E-state index >= 15 is 0 Å². The minimum atomic E-state index is -0.961. The summed E-state index contributed by atoms with van der Waals surface area (Å²) in [5, 5.41) is 13.6. The topological polar surface area (TPSA) is 61.8 Å². The number of carboxylic acids is 1. The Morgan fingerprint density at radius 1 is 1.14 bits per heavy atom. The lowest BCUT2D eigenvalue weighted by Gasteiger charge is -2.34. The van der Waals surface area contributed by atoms with Crippen molar-refractivity contribution in [3.05, 3.63) is 71.2 Å². The standard InChI is InChI=1S/C21H17ClN2O3S/c1-27-13-9-10-17-19(11-13)28-18-8-4-5-14(21(25)26)20(18)24(17)12-23-16-7-3-2-6-15(16)22/h2-11,23H,12H2,1H3,(H,25,26). The van der Waals surface area contributed by atoms with Gasteiger partial charge in [0, 0.05) is 9.79 Å². The van der Waals surface area contributed by atoms with Gasteiger partial charge in [0.05, 0.1) is 41.4 Å². The summed E-state index contributed by atoms with van der Waals surface area (Å²) in [6, 6.07) is 18.5. The molecule has 0 aliphatic carbocycles. The minimum Gasteiger partial charge on any atom is -0.497 e. The molecule has 0 saturated heterocycles. The Kier molecular flexibility index (Phi) is 5.07. The lowest BCUT2D eigenvalue weighted by molar-refractivity contribution is 0.0697. The Morgan fingerprint density at radius 2 is 1.96 bits per heavy atom. The van der Waals surface area contributed by atoms with Crippen LogP contribution in [-0.4, -0.2) is 24.9 Å². The molecule has 7 heteroatoms. The first-order chi connectivity index (χ1) is 13.6. The van der Waals surface area contributed by atoms with Crippen LogP contribution in [0.1, 0.15) is 10.4 Å². The van der Waals surface area contributed by atoms with Crippen molar-refractivity contribution in [1.82, 2.24) is 0 Å². The van der Waals surface area contributed by atoms with Crippen LogP contribution in [0.2, 0.25) is 5.02 Å². The molecule has 28 heavy (non-hydrogen) atoms. The summed E-state index contributed by atoms with van der Waals surface area (Å²) in [4.78, 5) is 15.7. The fourth-order valence-corrected chi connectivity index (χ4v) is 4.51. The molecule has 4 rings (SSSR count). The Balaban J connectivity index is 1.79. The molecular weight excluding hydrogens is 396 g/mol. The third-order valence-electron chi connectivity index (χ3n) is 4.48. The van der Waals surface area contributed by atoms with E-state index in [1.165, 1.54) is 11.8 Å². The molecule has 0 saturated carbocycles. The highest BCUT2D eigenvalue weighted by Gasteiger charge is 2.28. The van der Waals surface area contributed by atoms with Crippen LogP contribution in [0.4, 0.5) is 17.1 Å². The number of methoxy groups -OCH3 is 1. The van der Waals surface area contributed by atoms with Crippen LogP contribution in [0.25, 0.3) is 0 Å². The van der Waals surface area contributed by atoms with Gasteiger partial charge in [-0.05, 0) is 42.5 Å². The summed E-state index contributed by atoms with van der Waals surface area (Å²) in [6.07, 6.45) is 0. The van der Waals surface area contributed by atoms with Gasteiger partial charge >= 0.3 is 5.97 Å². The molecule has 1 aliphatic rings. The highest BCUT2D eigenvalue weighted by Crippen LogP contribution is 2.50. The SMILES string of the molecule is COc1ccc2c(c1)Sc1cccc(C(=O)O)c1N2CNc1ccccc1Cl. The van der Waals surface area contributed by atoms with Crippen LogP contribution >= 0.6 is 23.4 Å². The number of fused-ring (bicyclic) bond motifs is 2. The van der Waals surface area contributed by atoms with Crippen molar-refractivity contribution in [2.45, 2.75) is 9.79 Å². The Labute approximate surface area is 171 Å². The second-order valence-electron chi connectivity index (χ2n) is 6.14. The molecule has 0 unspecified atom stereocenters. The van der Waals surface area contributed by atoms with Crippen LogP contribution in [0.15, 0.2) is 70.5 Å². The zero-order chi connectivity index (χ0) is 19.7. The molecule has 5 nitrogen and oxygen atoms in total. The van der Waals surface area contributed by atoms with Crippen molar-refractivity contribution in [3.63, 3.8) is 0 Å². The highest BCUT2D eigenvalue weighted by molar-refractivity contribution is 7.99. The molecule has 1 heterocycles. The summed E-state index contributed by atoms with van der Waals surface area (Å²) < 4.78 is 5.35. The average Bonchev–Trinajstić information content (AvgIpc) is 2.71. The van der Waals surface area contributed by atoms with E-state index in [9.17, 15) is 9.90 Å². The van der Waals surface area contributed by atoms with Gasteiger partial charge in [0.25, 0.3) is 0 Å². The predicted molar refractivity (Wildman–Crippen MR) is 113 cm³/mol. The van der Waals surface area contributed by atoms with Crippen molar-refractivity contribution in [1.29, 1.82) is 0 Å². The number of halogens is 1. The number of hydrogen-bond acceptors (Lipinski definition) is 5. The lowest BCUT2D eigenvalue weighted by Crippen LogP contribution is -2.28. The van der Waals surface area contributed by atoms with Crippen molar-refractivity contribution in [2.75, 3.05) is 24.0 Å². The van der Waals surface area contributed by atoms with Gasteiger partial charge < -0.3 is 20.1 Å². The van der Waals surface area contributed by atoms with E-state index < -0.39 is 5.97 Å². The number of hydrogen-bond donors (Lipinski definition) is 2. The maximum atomic E-state index is 11.9. The molecule has 0 amide bonds. The molecule has 2 N–H and O–H groups in total. The van der Waals surface area contributed by atoms with Crippen LogP contribution in [-0.2, 0) is 0 Å². The van der Waals surface area contributed by atoms with Crippen LogP contribution in [0, 0.1) is 0 Å². The third-order valence-corrected chi connectivity index (χ3v) is 5.90. The maximum Gasteiger partial charge on any atom is 0.337 e. The molecule has 0 spiro atoms. The summed E-state index contributed by atoms with van der Waals surface area (Å²) in [7, 11) is 1.63. The fourth-order valence-electron chi connectivity index (χ4n) is 3.15. The molecule has 3 aromatic rings. The lowest BCUT2D eigenvalue weighted by atomic mass is 10.1. The van der Waals surface area contributed by atoms with E-state index in [-0.39, 0.29) is 5.56 Å². The smallest absolute Gasteiger partial charge is 0.337 e. The monoisotopic (exact) mass is 412 g/mol. The van der Waals surface area contributed by atoms with Gasteiger partial charge in [-0.3, -0.25) is 0 Å². The maximum absolute atomic E-state index is 11.9. The second-order valence-corrected chi connectivity index (χ2v) is 7.63. The summed E-state index contributed by atoms with van der Waals surface area (Å²) in [6.45, 7) is 0.362. The zero-order valence-electron chi connectivity index (χ0n) is 15.0. The van der Waals surface area contributed by atoms with Gasteiger partial charge in [-0.15, -0.1) is 0 Å². The fraction of sp³-hybridized carbons (Fsp3) is 0.0952. The van der Waals surface area contributed by atoms with E-state index in [1.807, 2.05) is 53.4 Å². The summed E-state index contributed by atoms with van der Waals surface area (Å²) in [5.74, 6) is -0.208. The number of anilines is 3. The number of ether oxygens (including phenoxy) is 1. The van der Waals surface area contributed by atoms with Crippen molar-refractivity contribution in [3.8, 4) is 5.75 Å². The summed E-state index contributed by atoms with van der Waals surface area (Å²) in [5.41, 5.74) is 2.61. The average molecular weight is 413 g/mol. The number of para-hydroxylation sites is 2. The van der Waals surface area contributed by atoms with Gasteiger partial charge in [0.15, 0.2) is 0 Å². The van der Waals surface area contributed by atoms with Gasteiger partial charge in [-0.25, -0.2) is 4.79 Å². The van der Waals surface area contributed by atoms with E-state index in [1.54, 1.807) is 19.2 Å². The molecule has 0 fully saturated rings. The number of aromatic carboxylic acids is 1. The first-order valence-corrected chi connectivity index (χ1v) is 9.76. The molecule has 0 atom stereocenters. The van der Waals surface area contributed by atoms with E-state index in [0.29, 0.717) is 17.4 Å². The van der Waals surface area contributed by atoms with Crippen LogP contribution in [0.5, 0.6) is 5.75 Å². The predicted octanol–water partition coefficient (Wildman–Crippen LogP) is 5.72. The van der Waals surface area contributed by atoms with Crippen molar-refractivity contribution in [2.24, 2.45) is 0 Å². The normalized spacial score (nSPS) is 12.1. The van der Waals surface area contributed by atoms with E-state index in [4.69, 9.17) is 16.3 Å². The first kappa shape index (κ1) is 18.5. The molecular formula is C21H17ClN2O3S. The number of carbonyl (C=O) groups is 1. The van der Waals surface area contributed by atoms with E-state index in [0.717, 1.165) is 26.9 Å². The summed E-state index contributed by atoms with van der Waals surface area (Å²) >= 11 is 7.80. The number of nitrogens with one attached hydrogen (secondary N) is 1. The molecule has 3 aromatic carbocycles. The number of nitrogens with zero attached hydrogens (tertiary/aromatic N) is 1. The minimum absolute atomic E-state index is 0.257. The number of rotatable bonds is 5. The highest BCUT2D eigenvalue weighted by atomic mass is 35.5. The molecule has 1 aliphatic heterocycles. The second kappa shape index (κ2) is 7.66. The largest absolute Gasteiger partial charge is 0.497 e. The van der Waals surface area contributed by atoms with Gasteiger partial charge in [-0.1, -0.05) is 41.6 Å². The molecule has 0 radical (unpaired) electrons. The number of benzene rings is 3. The Bertz CT molecular complexity index is 1060. The van der Waals surface area contributed by atoms with E-state index in [2.05, 4.69) is 5.32 Å².